The summed E-state index contributed by atoms with van der Waals surface area (Å²) in [6, 6.07) is 16.1. The summed E-state index contributed by atoms with van der Waals surface area (Å²) in [5.74, 6) is 0.287. The molecule has 0 saturated heterocycles. The minimum Gasteiger partial charge on any atom is -0.443 e. The van der Waals surface area contributed by atoms with Gasteiger partial charge in [0.2, 0.25) is 0 Å². The summed E-state index contributed by atoms with van der Waals surface area (Å²) in [6.07, 6.45) is 2.09. The highest BCUT2D eigenvalue weighted by atomic mass is 16.3. The minimum absolute atomic E-state index is 0.216. The molecule has 0 atom stereocenters. The minimum atomic E-state index is -0.216. The lowest BCUT2D eigenvalue weighted by molar-refractivity contribution is 0.0950. The van der Waals surface area contributed by atoms with Crippen molar-refractivity contribution in [2.45, 2.75) is 20.3 Å². The molecular weight excluding hydrogens is 300 g/mol. The van der Waals surface area contributed by atoms with Crippen LogP contribution < -0.4 is 5.32 Å². The van der Waals surface area contributed by atoms with Crippen LogP contribution in [0.3, 0.4) is 0 Å². The Morgan fingerprint density at radius 3 is 2.62 bits per heavy atom. The van der Waals surface area contributed by atoms with E-state index >= 15 is 0 Å². The first-order chi connectivity index (χ1) is 11.6. The van der Waals surface area contributed by atoms with Crippen LogP contribution >= 0.6 is 0 Å². The Labute approximate surface area is 141 Å². The fourth-order valence-electron chi connectivity index (χ4n) is 2.59. The van der Waals surface area contributed by atoms with E-state index in [1.165, 1.54) is 17.5 Å². The van der Waals surface area contributed by atoms with Gasteiger partial charge in [0.25, 0.3) is 5.91 Å². The van der Waals surface area contributed by atoms with E-state index < -0.39 is 0 Å². The average molecular weight is 320 g/mol. The Bertz CT molecular complexity index is 835. The van der Waals surface area contributed by atoms with E-state index in [2.05, 4.69) is 35.4 Å². The lowest BCUT2D eigenvalue weighted by atomic mass is 10.1. The molecule has 3 rings (SSSR count). The maximum atomic E-state index is 12.4. The predicted molar refractivity (Wildman–Crippen MR) is 93.9 cm³/mol. The lowest BCUT2D eigenvalue weighted by Crippen LogP contribution is -2.26. The summed E-state index contributed by atoms with van der Waals surface area (Å²) in [6.45, 7) is 4.64. The van der Waals surface area contributed by atoms with Gasteiger partial charge < -0.3 is 9.73 Å². The largest absolute Gasteiger partial charge is 0.443 e. The van der Waals surface area contributed by atoms with Gasteiger partial charge in [0, 0.05) is 12.1 Å². The topological polar surface area (TPSA) is 55.1 Å². The average Bonchev–Trinajstić information content (AvgIpc) is 3.05. The molecule has 4 nitrogen and oxygen atoms in total. The van der Waals surface area contributed by atoms with Crippen LogP contribution in [0.15, 0.2) is 59.3 Å². The number of hydrogen-bond donors (Lipinski definition) is 1. The number of oxazole rings is 1. The lowest BCUT2D eigenvalue weighted by Gasteiger charge is -2.06. The first-order valence-corrected chi connectivity index (χ1v) is 7.98. The molecule has 24 heavy (non-hydrogen) atoms. The molecule has 1 amide bonds. The SMILES string of the molecule is Cc1ccc(-c2ocnc2C(=O)NCCc2cccc(C)c2)cc1. The van der Waals surface area contributed by atoms with E-state index in [-0.39, 0.29) is 5.91 Å². The molecule has 0 radical (unpaired) electrons. The van der Waals surface area contributed by atoms with Gasteiger partial charge in [0.05, 0.1) is 0 Å². The first kappa shape index (κ1) is 16.0. The van der Waals surface area contributed by atoms with Crippen LogP contribution in [0.25, 0.3) is 11.3 Å². The van der Waals surface area contributed by atoms with Crippen LogP contribution in [0.4, 0.5) is 0 Å². The molecule has 0 bridgehead atoms. The standard InChI is InChI=1S/C20H20N2O2/c1-14-6-8-17(9-7-14)19-18(22-13-24-19)20(23)21-11-10-16-5-3-4-15(2)12-16/h3-9,12-13H,10-11H2,1-2H3,(H,21,23). The quantitative estimate of drug-likeness (QED) is 0.775. The number of rotatable bonds is 5. The molecule has 0 aliphatic rings. The molecule has 0 aliphatic carbocycles. The van der Waals surface area contributed by atoms with E-state index in [0.29, 0.717) is 18.0 Å². The maximum absolute atomic E-state index is 12.4. The van der Waals surface area contributed by atoms with E-state index in [1.807, 2.05) is 37.3 Å². The van der Waals surface area contributed by atoms with Crippen LogP contribution in [0.1, 0.15) is 27.2 Å². The molecule has 122 valence electrons. The van der Waals surface area contributed by atoms with Gasteiger partial charge in [-0.1, -0.05) is 59.7 Å². The first-order valence-electron chi connectivity index (χ1n) is 7.98. The smallest absolute Gasteiger partial charge is 0.273 e. The predicted octanol–water partition coefficient (Wildman–Crippen LogP) is 3.93. The van der Waals surface area contributed by atoms with Crippen LogP contribution in [0.2, 0.25) is 0 Å². The third-order valence-corrected chi connectivity index (χ3v) is 3.88. The van der Waals surface area contributed by atoms with Gasteiger partial charge in [0.1, 0.15) is 0 Å². The molecule has 0 saturated carbocycles. The van der Waals surface area contributed by atoms with E-state index in [1.54, 1.807) is 0 Å². The second-order valence-electron chi connectivity index (χ2n) is 5.89. The molecule has 1 aromatic heterocycles. The van der Waals surface area contributed by atoms with Crippen molar-refractivity contribution in [2.24, 2.45) is 0 Å². The number of nitrogens with zero attached hydrogens (tertiary/aromatic N) is 1. The second kappa shape index (κ2) is 7.13. The molecular formula is C20H20N2O2. The number of hydrogen-bond acceptors (Lipinski definition) is 3. The van der Waals surface area contributed by atoms with Gasteiger partial charge in [-0.05, 0) is 25.8 Å². The fourth-order valence-corrected chi connectivity index (χ4v) is 2.59. The number of benzene rings is 2. The van der Waals surface area contributed by atoms with Crippen LogP contribution in [-0.2, 0) is 6.42 Å². The van der Waals surface area contributed by atoms with Gasteiger partial charge in [-0.15, -0.1) is 0 Å². The van der Waals surface area contributed by atoms with E-state index in [0.717, 1.165) is 17.5 Å². The molecule has 0 unspecified atom stereocenters. The zero-order chi connectivity index (χ0) is 16.9. The molecule has 0 spiro atoms. The molecule has 0 fully saturated rings. The van der Waals surface area contributed by atoms with Crippen molar-refractivity contribution in [1.29, 1.82) is 0 Å². The molecule has 4 heteroatoms. The van der Waals surface area contributed by atoms with Gasteiger partial charge in [-0.2, -0.15) is 0 Å². The highest BCUT2D eigenvalue weighted by Gasteiger charge is 2.17. The van der Waals surface area contributed by atoms with Crippen molar-refractivity contribution in [2.75, 3.05) is 6.54 Å². The molecule has 1 heterocycles. The zero-order valence-corrected chi connectivity index (χ0v) is 13.9. The van der Waals surface area contributed by atoms with Gasteiger partial charge >= 0.3 is 0 Å². The Morgan fingerprint density at radius 1 is 1.08 bits per heavy atom. The Hall–Kier alpha value is -2.88. The molecule has 1 N–H and O–H groups in total. The normalized spacial score (nSPS) is 10.6. The Morgan fingerprint density at radius 2 is 1.88 bits per heavy atom. The van der Waals surface area contributed by atoms with Crippen LogP contribution in [-0.4, -0.2) is 17.4 Å². The van der Waals surface area contributed by atoms with Crippen LogP contribution in [0, 0.1) is 13.8 Å². The highest BCUT2D eigenvalue weighted by Crippen LogP contribution is 2.23. The van der Waals surface area contributed by atoms with E-state index in [9.17, 15) is 4.79 Å². The van der Waals surface area contributed by atoms with Gasteiger partial charge in [0.15, 0.2) is 17.8 Å². The van der Waals surface area contributed by atoms with Crippen molar-refractivity contribution in [1.82, 2.24) is 10.3 Å². The monoisotopic (exact) mass is 320 g/mol. The summed E-state index contributed by atoms with van der Waals surface area (Å²) in [5, 5.41) is 2.91. The summed E-state index contributed by atoms with van der Waals surface area (Å²) < 4.78 is 5.42. The molecule has 3 aromatic rings. The fraction of sp³-hybridized carbons (Fsp3) is 0.200. The summed E-state index contributed by atoms with van der Waals surface area (Å²) >= 11 is 0. The van der Waals surface area contributed by atoms with Gasteiger partial charge in [-0.3, -0.25) is 4.79 Å². The Kier molecular flexibility index (Phi) is 4.75. The third-order valence-electron chi connectivity index (χ3n) is 3.88. The van der Waals surface area contributed by atoms with Gasteiger partial charge in [-0.25, -0.2) is 4.98 Å². The second-order valence-corrected chi connectivity index (χ2v) is 5.89. The number of aromatic nitrogens is 1. The number of nitrogens with one attached hydrogen (secondary N) is 1. The zero-order valence-electron chi connectivity index (χ0n) is 13.9. The Balaban J connectivity index is 1.66. The summed E-state index contributed by atoms with van der Waals surface area (Å²) in [5.41, 5.74) is 4.75. The maximum Gasteiger partial charge on any atom is 0.273 e. The highest BCUT2D eigenvalue weighted by molar-refractivity contribution is 5.97. The molecule has 0 aliphatic heterocycles. The molecule has 2 aromatic carbocycles. The number of carbonyl (C=O) groups is 1. The van der Waals surface area contributed by atoms with Crippen LogP contribution in [0.5, 0.6) is 0 Å². The van der Waals surface area contributed by atoms with Crippen molar-refractivity contribution in [3.63, 3.8) is 0 Å². The number of amides is 1. The number of carbonyl (C=O) groups excluding carboxylic acids is 1. The van der Waals surface area contributed by atoms with Crippen molar-refractivity contribution in [3.05, 3.63) is 77.3 Å². The van der Waals surface area contributed by atoms with Crippen molar-refractivity contribution in [3.8, 4) is 11.3 Å². The van der Waals surface area contributed by atoms with Crippen molar-refractivity contribution < 1.29 is 9.21 Å². The van der Waals surface area contributed by atoms with Crippen molar-refractivity contribution >= 4 is 5.91 Å². The summed E-state index contributed by atoms with van der Waals surface area (Å²) in [7, 11) is 0. The number of aryl methyl sites for hydroxylation is 2. The third kappa shape index (κ3) is 3.71. The summed E-state index contributed by atoms with van der Waals surface area (Å²) in [4.78, 5) is 16.5. The van der Waals surface area contributed by atoms with E-state index in [4.69, 9.17) is 4.42 Å².